The van der Waals surface area contributed by atoms with Crippen molar-refractivity contribution in [2.45, 2.75) is 38.5 Å². The highest BCUT2D eigenvalue weighted by molar-refractivity contribution is 6.07. The van der Waals surface area contributed by atoms with E-state index in [2.05, 4.69) is 22.2 Å². The molecule has 2 aliphatic heterocycles. The van der Waals surface area contributed by atoms with Gasteiger partial charge in [-0.15, -0.1) is 0 Å². The van der Waals surface area contributed by atoms with Crippen molar-refractivity contribution in [1.82, 2.24) is 9.78 Å². The summed E-state index contributed by atoms with van der Waals surface area (Å²) in [6.07, 6.45) is -4.39. The van der Waals surface area contributed by atoms with Crippen LogP contribution in [0.15, 0.2) is 47.3 Å². The van der Waals surface area contributed by atoms with Gasteiger partial charge in [-0.1, -0.05) is 13.0 Å². The van der Waals surface area contributed by atoms with E-state index in [-0.39, 0.29) is 18.5 Å². The van der Waals surface area contributed by atoms with Crippen molar-refractivity contribution in [1.29, 1.82) is 0 Å². The number of nitrogens with zero attached hydrogens (tertiary/aromatic N) is 5. The van der Waals surface area contributed by atoms with Gasteiger partial charge in [0.2, 0.25) is 0 Å². The Morgan fingerprint density at radius 1 is 0.976 bits per heavy atom. The Labute approximate surface area is 238 Å². The number of halogens is 5. The van der Waals surface area contributed by atoms with Gasteiger partial charge in [0.05, 0.1) is 22.7 Å². The topological polar surface area (TPSA) is 73.7 Å². The number of fused-ring (bicyclic) bond motifs is 1. The van der Waals surface area contributed by atoms with Crippen LogP contribution >= 0.6 is 0 Å². The van der Waals surface area contributed by atoms with E-state index in [0.29, 0.717) is 46.4 Å². The highest BCUT2D eigenvalue weighted by Gasteiger charge is 2.70. The van der Waals surface area contributed by atoms with Gasteiger partial charge >= 0.3 is 6.18 Å². The first-order valence-electron chi connectivity index (χ1n) is 13.6. The average Bonchev–Trinajstić information content (AvgIpc) is 3.56. The van der Waals surface area contributed by atoms with E-state index in [1.165, 1.54) is 0 Å². The maximum Gasteiger partial charge on any atom is 0.398 e. The first kappa shape index (κ1) is 28.0. The lowest BCUT2D eigenvalue weighted by Gasteiger charge is -2.37. The van der Waals surface area contributed by atoms with Crippen molar-refractivity contribution in [2.75, 3.05) is 47.2 Å². The largest absolute Gasteiger partial charge is 0.398 e. The third kappa shape index (κ3) is 4.28. The van der Waals surface area contributed by atoms with E-state index in [1.54, 1.807) is 36.0 Å². The number of hydrogen-bond donors (Lipinski definition) is 1. The summed E-state index contributed by atoms with van der Waals surface area (Å²) in [5.74, 6) is -2.48. The molecule has 0 spiro atoms. The molecule has 2 aromatic carbocycles. The number of hydrogen-bond acceptors (Lipinski definition) is 6. The number of alkyl halides is 3. The van der Waals surface area contributed by atoms with E-state index < -0.39 is 46.5 Å². The van der Waals surface area contributed by atoms with Gasteiger partial charge in [0.15, 0.2) is 11.6 Å². The summed E-state index contributed by atoms with van der Waals surface area (Å²) >= 11 is 0. The molecule has 1 aliphatic carbocycles. The van der Waals surface area contributed by atoms with Gasteiger partial charge < -0.3 is 20.0 Å². The number of amides is 1. The second kappa shape index (κ2) is 9.70. The molecule has 8 nitrogen and oxygen atoms in total. The minimum absolute atomic E-state index is 0.0352. The Morgan fingerprint density at radius 2 is 1.67 bits per heavy atom. The molecule has 2 atom stereocenters. The van der Waals surface area contributed by atoms with E-state index in [1.807, 2.05) is 0 Å². The summed E-state index contributed by atoms with van der Waals surface area (Å²) in [6.45, 7) is 3.36. The molecule has 13 heteroatoms. The molecule has 1 aromatic heterocycles. The molecule has 3 aliphatic rings. The van der Waals surface area contributed by atoms with Gasteiger partial charge in [0.1, 0.15) is 23.0 Å². The van der Waals surface area contributed by atoms with Crippen LogP contribution in [0.2, 0.25) is 0 Å². The zero-order valence-electron chi connectivity index (χ0n) is 23.2. The molecule has 0 radical (unpaired) electrons. The number of anilines is 4. The second-order valence-electron chi connectivity index (χ2n) is 11.4. The van der Waals surface area contributed by atoms with Crippen molar-refractivity contribution >= 4 is 28.7 Å². The van der Waals surface area contributed by atoms with Gasteiger partial charge in [-0.05, 0) is 55.5 Å². The second-order valence-corrected chi connectivity index (χ2v) is 11.4. The van der Waals surface area contributed by atoms with Crippen LogP contribution in [0, 0.1) is 23.0 Å². The number of carbonyl (C=O) groups is 1. The fourth-order valence-corrected chi connectivity index (χ4v) is 6.41. The Balaban J connectivity index is 1.40. The number of nitrogens with one attached hydrogen (secondary N) is 1. The molecular formula is C29H29F5N6O2. The van der Waals surface area contributed by atoms with Gasteiger partial charge in [-0.25, -0.2) is 8.78 Å². The monoisotopic (exact) mass is 588 g/mol. The quantitative estimate of drug-likeness (QED) is 0.415. The molecular weight excluding hydrogens is 559 g/mol. The molecule has 2 fully saturated rings. The first-order valence-corrected chi connectivity index (χ1v) is 13.6. The van der Waals surface area contributed by atoms with Gasteiger partial charge in [0, 0.05) is 33.3 Å². The lowest BCUT2D eigenvalue weighted by Crippen LogP contribution is -2.52. The summed E-state index contributed by atoms with van der Waals surface area (Å²) in [5, 5.41) is 6.73. The molecule has 1 unspecified atom stereocenters. The van der Waals surface area contributed by atoms with Crippen LogP contribution in [-0.2, 0) is 0 Å². The summed E-state index contributed by atoms with van der Waals surface area (Å²) in [7, 11) is 3.30. The highest BCUT2D eigenvalue weighted by Crippen LogP contribution is 2.65. The summed E-state index contributed by atoms with van der Waals surface area (Å²) < 4.78 is 72.1. The number of benzene rings is 2. The van der Waals surface area contributed by atoms with Crippen molar-refractivity contribution in [3.63, 3.8) is 0 Å². The normalized spacial score (nSPS) is 21.1. The smallest absolute Gasteiger partial charge is 0.368 e. The molecule has 222 valence electrons. The van der Waals surface area contributed by atoms with Crippen molar-refractivity contribution in [3.05, 3.63) is 70.1 Å². The zero-order valence-corrected chi connectivity index (χ0v) is 23.2. The van der Waals surface area contributed by atoms with E-state index in [9.17, 15) is 31.5 Å². The first-order chi connectivity index (χ1) is 19.8. The van der Waals surface area contributed by atoms with Crippen LogP contribution in [0.5, 0.6) is 0 Å². The average molecular weight is 589 g/mol. The molecule has 1 saturated carbocycles. The van der Waals surface area contributed by atoms with E-state index in [0.717, 1.165) is 36.8 Å². The predicted octanol–water partition coefficient (Wildman–Crippen LogP) is 5.16. The van der Waals surface area contributed by atoms with E-state index in [4.69, 9.17) is 0 Å². The van der Waals surface area contributed by atoms with Gasteiger partial charge in [-0.3, -0.25) is 9.59 Å². The van der Waals surface area contributed by atoms with Crippen LogP contribution in [-0.4, -0.2) is 55.2 Å². The van der Waals surface area contributed by atoms with Gasteiger partial charge in [-0.2, -0.15) is 23.0 Å². The standard InChI is InChI=1S/C29H29F5N6O2/c1-16-11-14-39(15-16)24-19(7-9-21-25(24)38(3)27(37(21)2)28(12-13-28)29(32,33)34)35-26(42)20-8-10-22(41)40(36-20)23-17(30)5-4-6-18(23)31/h4-10,16,27H,11-15H2,1-3H3,(H,35,42)/t16-,27?/m0/s1. The molecule has 1 saturated heterocycles. The predicted molar refractivity (Wildman–Crippen MR) is 148 cm³/mol. The van der Waals surface area contributed by atoms with Crippen LogP contribution in [0.3, 0.4) is 0 Å². The number of rotatable bonds is 5. The molecule has 0 bridgehead atoms. The highest BCUT2D eigenvalue weighted by atomic mass is 19.4. The fourth-order valence-electron chi connectivity index (χ4n) is 6.41. The Kier molecular flexibility index (Phi) is 6.46. The lowest BCUT2D eigenvalue weighted by atomic mass is 10.0. The third-order valence-corrected chi connectivity index (χ3v) is 8.61. The van der Waals surface area contributed by atoms with Crippen LogP contribution in [0.25, 0.3) is 5.69 Å². The molecule has 3 aromatic rings. The fraction of sp³-hybridized carbons (Fsp3) is 0.414. The van der Waals surface area contributed by atoms with Crippen LogP contribution in [0.4, 0.5) is 44.7 Å². The Hall–Kier alpha value is -4.16. The summed E-state index contributed by atoms with van der Waals surface area (Å²) in [5.41, 5.74) is -1.55. The number of carbonyl (C=O) groups excluding carboxylic acids is 1. The van der Waals surface area contributed by atoms with Crippen LogP contribution in [0.1, 0.15) is 36.7 Å². The third-order valence-electron chi connectivity index (χ3n) is 8.61. The minimum Gasteiger partial charge on any atom is -0.368 e. The van der Waals surface area contributed by atoms with Crippen molar-refractivity contribution in [2.24, 2.45) is 11.3 Å². The van der Waals surface area contributed by atoms with Gasteiger partial charge in [0.25, 0.3) is 11.5 Å². The zero-order chi connectivity index (χ0) is 30.1. The Morgan fingerprint density at radius 3 is 2.26 bits per heavy atom. The number of aromatic nitrogens is 2. The molecule has 3 heterocycles. The number of para-hydroxylation sites is 1. The van der Waals surface area contributed by atoms with Crippen molar-refractivity contribution in [3.8, 4) is 5.69 Å². The maximum atomic E-state index is 14.4. The van der Waals surface area contributed by atoms with Crippen molar-refractivity contribution < 1.29 is 26.7 Å². The molecule has 1 N–H and O–H groups in total. The summed E-state index contributed by atoms with van der Waals surface area (Å²) in [4.78, 5) is 31.3. The lowest BCUT2D eigenvalue weighted by molar-refractivity contribution is -0.192. The minimum atomic E-state index is -4.38. The Bertz CT molecular complexity index is 1620. The molecule has 42 heavy (non-hydrogen) atoms. The SMILES string of the molecule is C[C@H]1CCN(c2c(NC(=O)c3ccc(=O)n(-c4c(F)cccc4F)n3)ccc3c2N(C)C(C2(C(F)(F)F)CC2)N3C)C1. The maximum absolute atomic E-state index is 14.4. The summed E-state index contributed by atoms with van der Waals surface area (Å²) in [6, 6.07) is 8.54. The molecule has 6 rings (SSSR count). The van der Waals surface area contributed by atoms with E-state index >= 15 is 0 Å². The van der Waals surface area contributed by atoms with Crippen LogP contribution < -0.4 is 25.6 Å². The molecule has 1 amide bonds.